The standard InChI is InChI=1S/C4H14N2OS/c1-2-8(6,7)4-3-5/h8H,2-5H2,1H3,(H2,6,7). The molecule has 0 aromatic rings. The van der Waals surface area contributed by atoms with Gasteiger partial charge in [0.05, 0.1) is 0 Å². The van der Waals surface area contributed by atoms with Crippen molar-refractivity contribution < 1.29 is 4.21 Å². The van der Waals surface area contributed by atoms with Crippen LogP contribution in [0.2, 0.25) is 0 Å². The van der Waals surface area contributed by atoms with Crippen molar-refractivity contribution in [3.8, 4) is 0 Å². The molecule has 0 aliphatic rings. The average molecular weight is 138 g/mol. The van der Waals surface area contributed by atoms with E-state index in [4.69, 9.17) is 10.9 Å². The number of nitrogens with two attached hydrogens (primary N) is 2. The van der Waals surface area contributed by atoms with Gasteiger partial charge in [-0.2, -0.15) is 0 Å². The van der Waals surface area contributed by atoms with E-state index in [1.165, 1.54) is 0 Å². The third-order valence-electron chi connectivity index (χ3n) is 1.04. The van der Waals surface area contributed by atoms with Gasteiger partial charge in [0.2, 0.25) is 0 Å². The summed E-state index contributed by atoms with van der Waals surface area (Å²) in [6.45, 7) is 2.25. The molecule has 0 saturated carbocycles. The molecule has 0 radical (unpaired) electrons. The molecule has 0 aromatic heterocycles. The Balaban J connectivity index is 3.55. The van der Waals surface area contributed by atoms with Crippen molar-refractivity contribution in [3.63, 3.8) is 0 Å². The molecule has 0 aliphatic carbocycles. The summed E-state index contributed by atoms with van der Waals surface area (Å²) in [6, 6.07) is 0. The van der Waals surface area contributed by atoms with E-state index >= 15 is 0 Å². The summed E-state index contributed by atoms with van der Waals surface area (Å²) in [5.74, 6) is 1.04. The molecule has 0 aliphatic heterocycles. The average Bonchev–Trinajstić information content (AvgIpc) is 1.67. The highest BCUT2D eigenvalue weighted by atomic mass is 32.3. The Morgan fingerprint density at radius 3 is 2.25 bits per heavy atom. The molecule has 0 saturated heterocycles. The van der Waals surface area contributed by atoms with Crippen molar-refractivity contribution in [3.05, 3.63) is 0 Å². The molecule has 0 aromatic carbocycles. The zero-order chi connectivity index (χ0) is 6.62. The Hall–Kier alpha value is 0.0700. The maximum atomic E-state index is 10.9. The SMILES string of the molecule is CC[SH](N)(=O)CCN. The second-order valence-corrected chi connectivity index (χ2v) is 4.77. The van der Waals surface area contributed by atoms with Gasteiger partial charge in [-0.15, -0.1) is 0 Å². The number of thiol groups is 1. The van der Waals surface area contributed by atoms with Crippen LogP contribution in [-0.2, 0) is 10.1 Å². The van der Waals surface area contributed by atoms with Crippen LogP contribution in [0.3, 0.4) is 0 Å². The minimum absolute atomic E-state index is 0.432. The van der Waals surface area contributed by atoms with Gasteiger partial charge in [-0.05, 0) is 0 Å². The van der Waals surface area contributed by atoms with E-state index < -0.39 is 10.1 Å². The Bertz CT molecular complexity index is 104. The lowest BCUT2D eigenvalue weighted by Crippen LogP contribution is -2.32. The molecule has 0 rings (SSSR count). The fraction of sp³-hybridized carbons (Fsp3) is 1.00. The fourth-order valence-electron chi connectivity index (χ4n) is 0.377. The normalized spacial score (nSPS) is 13.9. The van der Waals surface area contributed by atoms with E-state index in [0.717, 1.165) is 0 Å². The highest BCUT2D eigenvalue weighted by Crippen LogP contribution is 1.89. The summed E-state index contributed by atoms with van der Waals surface area (Å²) < 4.78 is 10.9. The van der Waals surface area contributed by atoms with Gasteiger partial charge in [0, 0.05) is 18.1 Å². The molecule has 8 heavy (non-hydrogen) atoms. The zero-order valence-corrected chi connectivity index (χ0v) is 6.03. The van der Waals surface area contributed by atoms with Gasteiger partial charge >= 0.3 is 0 Å². The second kappa shape index (κ2) is 3.17. The molecule has 4 N–H and O–H groups in total. The van der Waals surface area contributed by atoms with Crippen LogP contribution in [0.1, 0.15) is 6.92 Å². The van der Waals surface area contributed by atoms with Gasteiger partial charge in [-0.3, -0.25) is 9.35 Å². The summed E-state index contributed by atoms with van der Waals surface area (Å²) in [6.07, 6.45) is 0. The Morgan fingerprint density at radius 2 is 2.12 bits per heavy atom. The lowest BCUT2D eigenvalue weighted by Gasteiger charge is -2.13. The summed E-state index contributed by atoms with van der Waals surface area (Å²) in [5, 5.41) is 5.30. The topological polar surface area (TPSA) is 69.1 Å². The predicted octanol–water partition coefficient (Wildman–Crippen LogP) is -1.14. The second-order valence-electron chi connectivity index (χ2n) is 1.78. The van der Waals surface area contributed by atoms with Gasteiger partial charge in [0.15, 0.2) is 0 Å². The molecule has 52 valence electrons. The molecule has 0 unspecified atom stereocenters. The first-order valence-corrected chi connectivity index (χ1v) is 4.84. The van der Waals surface area contributed by atoms with Crippen molar-refractivity contribution >= 4 is 10.1 Å². The van der Waals surface area contributed by atoms with E-state index in [9.17, 15) is 4.21 Å². The maximum absolute atomic E-state index is 10.9. The fourth-order valence-corrected chi connectivity index (χ4v) is 1.13. The Morgan fingerprint density at radius 1 is 1.62 bits per heavy atom. The van der Waals surface area contributed by atoms with Gasteiger partial charge in [0.1, 0.15) is 0 Å². The third kappa shape index (κ3) is 3.12. The smallest absolute Gasteiger partial charge is 0.0249 e. The monoisotopic (exact) mass is 138 g/mol. The van der Waals surface area contributed by atoms with Crippen LogP contribution in [0.5, 0.6) is 0 Å². The Kier molecular flexibility index (Phi) is 3.19. The van der Waals surface area contributed by atoms with Crippen molar-refractivity contribution in [2.75, 3.05) is 18.1 Å². The van der Waals surface area contributed by atoms with Crippen LogP contribution in [0.15, 0.2) is 0 Å². The third-order valence-corrected chi connectivity index (χ3v) is 3.13. The van der Waals surface area contributed by atoms with E-state index in [-0.39, 0.29) is 0 Å². The molecular weight excluding hydrogens is 124 g/mol. The van der Waals surface area contributed by atoms with Crippen molar-refractivity contribution in [2.24, 2.45) is 10.9 Å². The molecular formula is C4H14N2OS. The van der Waals surface area contributed by atoms with Crippen molar-refractivity contribution in [1.29, 1.82) is 0 Å². The minimum atomic E-state index is -2.30. The van der Waals surface area contributed by atoms with E-state index in [2.05, 4.69) is 0 Å². The van der Waals surface area contributed by atoms with Crippen LogP contribution in [-0.4, -0.2) is 22.3 Å². The number of hydrogen-bond donors (Lipinski definition) is 3. The van der Waals surface area contributed by atoms with E-state index in [1.807, 2.05) is 6.92 Å². The molecule has 0 atom stereocenters. The lowest BCUT2D eigenvalue weighted by molar-refractivity contribution is 0.671. The summed E-state index contributed by atoms with van der Waals surface area (Å²) in [5.41, 5.74) is 5.14. The summed E-state index contributed by atoms with van der Waals surface area (Å²) in [4.78, 5) is 0. The van der Waals surface area contributed by atoms with Crippen LogP contribution in [0, 0.1) is 0 Å². The minimum Gasteiger partial charge on any atom is -0.330 e. The number of rotatable bonds is 3. The first kappa shape index (κ1) is 8.07. The molecule has 0 spiro atoms. The van der Waals surface area contributed by atoms with Crippen molar-refractivity contribution in [1.82, 2.24) is 0 Å². The van der Waals surface area contributed by atoms with Gasteiger partial charge in [0.25, 0.3) is 0 Å². The lowest BCUT2D eigenvalue weighted by atomic mass is 10.8. The van der Waals surface area contributed by atoms with Gasteiger partial charge in [-0.25, -0.2) is 0 Å². The van der Waals surface area contributed by atoms with E-state index in [0.29, 0.717) is 18.1 Å². The van der Waals surface area contributed by atoms with Crippen LogP contribution >= 0.6 is 0 Å². The van der Waals surface area contributed by atoms with Crippen LogP contribution in [0.25, 0.3) is 0 Å². The molecule has 0 fully saturated rings. The van der Waals surface area contributed by atoms with Gasteiger partial charge < -0.3 is 5.73 Å². The Labute approximate surface area is 51.0 Å². The molecule has 3 nitrogen and oxygen atoms in total. The first-order chi connectivity index (χ1) is 3.62. The predicted molar refractivity (Wildman–Crippen MR) is 38.2 cm³/mol. The molecule has 0 heterocycles. The molecule has 4 heteroatoms. The van der Waals surface area contributed by atoms with E-state index in [1.54, 1.807) is 0 Å². The largest absolute Gasteiger partial charge is 0.330 e. The van der Waals surface area contributed by atoms with Crippen LogP contribution < -0.4 is 10.9 Å². The quantitative estimate of drug-likeness (QED) is 0.431. The summed E-state index contributed by atoms with van der Waals surface area (Å²) in [7, 11) is -2.30. The van der Waals surface area contributed by atoms with Gasteiger partial charge in [-0.1, -0.05) is 17.0 Å². The highest BCUT2D eigenvalue weighted by Gasteiger charge is 2.01. The first-order valence-electron chi connectivity index (χ1n) is 2.69. The number of hydrogen-bond acceptors (Lipinski definition) is 2. The summed E-state index contributed by atoms with van der Waals surface area (Å²) >= 11 is 0. The molecule has 0 amide bonds. The van der Waals surface area contributed by atoms with Crippen molar-refractivity contribution in [2.45, 2.75) is 6.92 Å². The zero-order valence-electron chi connectivity index (χ0n) is 5.13. The maximum Gasteiger partial charge on any atom is 0.0249 e. The molecule has 0 bridgehead atoms. The highest BCUT2D eigenvalue weighted by molar-refractivity contribution is 8.00. The van der Waals surface area contributed by atoms with Crippen LogP contribution in [0.4, 0.5) is 0 Å².